The van der Waals surface area contributed by atoms with Crippen molar-refractivity contribution in [1.29, 1.82) is 0 Å². The largest absolute Gasteiger partial charge is 0.462 e. The summed E-state index contributed by atoms with van der Waals surface area (Å²) in [5.74, 6) is 0.629. The monoisotopic (exact) mass is 492 g/mol. The third-order valence-electron chi connectivity index (χ3n) is 8.18. The SMILES string of the molecule is CCOC(=O)N[C@H]1CC[C@H]2[C@@H](C1)C[C@H]1C(=O)O[C@@H](C)[C@@H]1[C@H]2C=Cc1ccc(-c2cccc(F)c2)cn1. The lowest BCUT2D eigenvalue weighted by Crippen LogP contribution is -2.48. The summed E-state index contributed by atoms with van der Waals surface area (Å²) in [7, 11) is 0. The number of amides is 1. The number of alkyl carbamates (subject to hydrolysis) is 1. The van der Waals surface area contributed by atoms with E-state index in [0.717, 1.165) is 42.5 Å². The van der Waals surface area contributed by atoms with E-state index < -0.39 is 0 Å². The third-order valence-corrected chi connectivity index (χ3v) is 8.18. The zero-order valence-corrected chi connectivity index (χ0v) is 20.7. The number of rotatable bonds is 5. The molecule has 1 aromatic carbocycles. The number of cyclic esters (lactones) is 1. The Morgan fingerprint density at radius 3 is 2.83 bits per heavy atom. The molecule has 1 N–H and O–H groups in total. The van der Waals surface area contributed by atoms with Gasteiger partial charge in [0.2, 0.25) is 0 Å². The summed E-state index contributed by atoms with van der Waals surface area (Å²) in [6.07, 6.45) is 9.07. The first-order valence-corrected chi connectivity index (χ1v) is 13.0. The number of nitrogens with zero attached hydrogens (tertiary/aromatic N) is 1. The van der Waals surface area contributed by atoms with E-state index in [-0.39, 0.29) is 47.8 Å². The Hall–Kier alpha value is -3.22. The molecule has 0 radical (unpaired) electrons. The van der Waals surface area contributed by atoms with Gasteiger partial charge in [0.25, 0.3) is 0 Å². The minimum atomic E-state index is -0.368. The molecule has 1 saturated heterocycles. The van der Waals surface area contributed by atoms with E-state index in [1.807, 2.05) is 31.2 Å². The van der Waals surface area contributed by atoms with Gasteiger partial charge in [0.1, 0.15) is 11.9 Å². The van der Waals surface area contributed by atoms with Gasteiger partial charge in [-0.2, -0.15) is 0 Å². The topological polar surface area (TPSA) is 77.5 Å². The number of hydrogen-bond acceptors (Lipinski definition) is 5. The summed E-state index contributed by atoms with van der Waals surface area (Å²) in [6.45, 7) is 4.15. The molecule has 3 aliphatic rings. The quantitative estimate of drug-likeness (QED) is 0.548. The lowest BCUT2D eigenvalue weighted by Gasteiger charge is -2.47. The summed E-state index contributed by atoms with van der Waals surface area (Å²) < 4.78 is 24.3. The predicted octanol–water partition coefficient (Wildman–Crippen LogP) is 5.63. The first-order chi connectivity index (χ1) is 17.4. The van der Waals surface area contributed by atoms with Crippen LogP contribution in [0.15, 0.2) is 48.7 Å². The highest BCUT2D eigenvalue weighted by molar-refractivity contribution is 5.75. The van der Waals surface area contributed by atoms with E-state index in [1.54, 1.807) is 19.2 Å². The van der Waals surface area contributed by atoms with Crippen molar-refractivity contribution in [1.82, 2.24) is 10.3 Å². The molecular formula is C29H33FN2O4. The molecule has 6 nitrogen and oxygen atoms in total. The van der Waals surface area contributed by atoms with Gasteiger partial charge in [-0.25, -0.2) is 9.18 Å². The summed E-state index contributed by atoms with van der Waals surface area (Å²) in [4.78, 5) is 29.2. The second kappa shape index (κ2) is 10.4. The molecular weight excluding hydrogens is 459 g/mol. The van der Waals surface area contributed by atoms with Crippen LogP contribution in [-0.2, 0) is 14.3 Å². The highest BCUT2D eigenvalue weighted by Gasteiger charge is 2.54. The molecule has 2 aliphatic carbocycles. The number of esters is 1. The van der Waals surface area contributed by atoms with Crippen LogP contribution < -0.4 is 5.32 Å². The number of carbonyl (C=O) groups excluding carboxylic acids is 2. The lowest BCUT2D eigenvalue weighted by molar-refractivity contribution is -0.144. The number of carbonyl (C=O) groups is 2. The average Bonchev–Trinajstić information content (AvgIpc) is 3.15. The van der Waals surface area contributed by atoms with Crippen molar-refractivity contribution < 1.29 is 23.5 Å². The summed E-state index contributed by atoms with van der Waals surface area (Å²) in [5.41, 5.74) is 2.48. The van der Waals surface area contributed by atoms with E-state index in [2.05, 4.69) is 16.4 Å². The average molecular weight is 493 g/mol. The Bertz CT molecular complexity index is 1130. The molecule has 1 aliphatic heterocycles. The third kappa shape index (κ3) is 5.01. The molecule has 0 spiro atoms. The van der Waals surface area contributed by atoms with E-state index >= 15 is 0 Å². The van der Waals surface area contributed by atoms with E-state index in [1.165, 1.54) is 12.1 Å². The zero-order valence-electron chi connectivity index (χ0n) is 20.7. The van der Waals surface area contributed by atoms with E-state index in [9.17, 15) is 14.0 Å². The van der Waals surface area contributed by atoms with Gasteiger partial charge in [0, 0.05) is 23.7 Å². The van der Waals surface area contributed by atoms with Gasteiger partial charge in [-0.3, -0.25) is 9.78 Å². The summed E-state index contributed by atoms with van der Waals surface area (Å²) in [5, 5.41) is 3.00. The highest BCUT2D eigenvalue weighted by atomic mass is 19.1. The standard InChI is InChI=1S/C29H33FN2O4/c1-3-35-29(34)32-23-10-11-24-20(14-23)15-26-27(17(2)36-28(26)33)25(24)12-9-22-8-7-19(16-31-22)18-5-4-6-21(30)13-18/h4-9,12-13,16-17,20,23-27H,3,10-11,14-15H2,1-2H3,(H,32,34)/t17-,20-,23-,24-,25-,26+,27+/m0/s1. The van der Waals surface area contributed by atoms with Crippen molar-refractivity contribution >= 4 is 18.1 Å². The van der Waals surface area contributed by atoms with Gasteiger partial charge in [0.05, 0.1) is 18.2 Å². The van der Waals surface area contributed by atoms with E-state index in [4.69, 9.17) is 9.47 Å². The van der Waals surface area contributed by atoms with Crippen molar-refractivity contribution in [3.8, 4) is 11.1 Å². The molecule has 7 atom stereocenters. The van der Waals surface area contributed by atoms with Gasteiger partial charge in [-0.15, -0.1) is 0 Å². The summed E-state index contributed by atoms with van der Waals surface area (Å²) >= 11 is 0. The Labute approximate surface area is 211 Å². The molecule has 2 heterocycles. The van der Waals surface area contributed by atoms with Gasteiger partial charge >= 0.3 is 12.1 Å². The second-order valence-corrected chi connectivity index (χ2v) is 10.3. The normalized spacial score (nSPS) is 31.4. The molecule has 1 aromatic heterocycles. The molecule has 190 valence electrons. The highest BCUT2D eigenvalue weighted by Crippen LogP contribution is 2.53. The maximum Gasteiger partial charge on any atom is 0.407 e. The van der Waals surface area contributed by atoms with Crippen LogP contribution in [0.5, 0.6) is 0 Å². The van der Waals surface area contributed by atoms with Crippen molar-refractivity contribution in [3.05, 3.63) is 60.2 Å². The molecule has 0 unspecified atom stereocenters. The van der Waals surface area contributed by atoms with Crippen LogP contribution >= 0.6 is 0 Å². The fraction of sp³-hybridized carbons (Fsp3) is 0.483. The Morgan fingerprint density at radius 2 is 2.08 bits per heavy atom. The van der Waals surface area contributed by atoms with Crippen molar-refractivity contribution in [2.75, 3.05) is 6.61 Å². The van der Waals surface area contributed by atoms with Gasteiger partial charge in [-0.05, 0) is 87.1 Å². The van der Waals surface area contributed by atoms with Crippen molar-refractivity contribution in [2.24, 2.45) is 29.6 Å². The molecule has 7 heteroatoms. The zero-order chi connectivity index (χ0) is 25.2. The fourth-order valence-corrected chi connectivity index (χ4v) is 6.64. The van der Waals surface area contributed by atoms with Crippen LogP contribution in [0.25, 0.3) is 17.2 Å². The number of allylic oxidation sites excluding steroid dienone is 1. The van der Waals surface area contributed by atoms with Crippen LogP contribution in [0, 0.1) is 35.4 Å². The Balaban J connectivity index is 1.34. The second-order valence-electron chi connectivity index (χ2n) is 10.3. The molecule has 2 aromatic rings. The van der Waals surface area contributed by atoms with Crippen molar-refractivity contribution in [3.63, 3.8) is 0 Å². The number of halogens is 1. The smallest absolute Gasteiger partial charge is 0.407 e. The van der Waals surface area contributed by atoms with Crippen LogP contribution in [0.2, 0.25) is 0 Å². The van der Waals surface area contributed by atoms with Crippen LogP contribution in [0.4, 0.5) is 9.18 Å². The lowest BCUT2D eigenvalue weighted by atomic mass is 9.57. The molecule has 0 bridgehead atoms. The van der Waals surface area contributed by atoms with E-state index in [0.29, 0.717) is 18.4 Å². The number of pyridine rings is 1. The van der Waals surface area contributed by atoms with Gasteiger partial charge in [0.15, 0.2) is 0 Å². The predicted molar refractivity (Wildman–Crippen MR) is 134 cm³/mol. The number of aromatic nitrogens is 1. The van der Waals surface area contributed by atoms with Gasteiger partial charge < -0.3 is 14.8 Å². The number of hydrogen-bond donors (Lipinski definition) is 1. The Kier molecular flexibility index (Phi) is 7.08. The number of benzene rings is 1. The molecule has 3 fully saturated rings. The Morgan fingerprint density at radius 1 is 1.22 bits per heavy atom. The minimum absolute atomic E-state index is 0.0679. The first kappa shape index (κ1) is 24.5. The number of fused-ring (bicyclic) bond motifs is 2. The molecule has 5 rings (SSSR count). The minimum Gasteiger partial charge on any atom is -0.462 e. The van der Waals surface area contributed by atoms with Crippen LogP contribution in [-0.4, -0.2) is 35.8 Å². The molecule has 1 amide bonds. The number of ether oxygens (including phenoxy) is 2. The van der Waals surface area contributed by atoms with Crippen molar-refractivity contribution in [2.45, 2.75) is 51.7 Å². The fourth-order valence-electron chi connectivity index (χ4n) is 6.64. The maximum absolute atomic E-state index is 13.6. The number of nitrogens with one attached hydrogen (secondary N) is 1. The molecule has 36 heavy (non-hydrogen) atoms. The maximum atomic E-state index is 13.6. The molecule has 2 saturated carbocycles. The first-order valence-electron chi connectivity index (χ1n) is 13.0. The van der Waals surface area contributed by atoms with Crippen LogP contribution in [0.1, 0.15) is 45.2 Å². The van der Waals surface area contributed by atoms with Gasteiger partial charge in [-0.1, -0.05) is 24.3 Å². The summed E-state index contributed by atoms with van der Waals surface area (Å²) in [6, 6.07) is 10.4. The van der Waals surface area contributed by atoms with Crippen LogP contribution in [0.3, 0.4) is 0 Å².